The fourth-order valence-electron chi connectivity index (χ4n) is 3.58. The van der Waals surface area contributed by atoms with Crippen LogP contribution in [-0.4, -0.2) is 56.0 Å². The number of anilines is 1. The van der Waals surface area contributed by atoms with Gasteiger partial charge >= 0.3 is 6.03 Å². The number of carbonyl (C=O) groups excluding carboxylic acids is 1. The minimum Gasteiger partial charge on any atom is -0.491 e. The van der Waals surface area contributed by atoms with Crippen molar-refractivity contribution >= 4 is 11.7 Å². The molecule has 6 nitrogen and oxygen atoms in total. The molecule has 3 aliphatic rings. The number of ether oxygens (including phenoxy) is 3. The Morgan fingerprint density at radius 1 is 1.15 bits per heavy atom. The minimum atomic E-state index is -0.00701. The van der Waals surface area contributed by atoms with E-state index < -0.39 is 0 Å². The Morgan fingerprint density at radius 3 is 2.65 bits per heavy atom. The first-order valence-electron chi connectivity index (χ1n) is 9.78. The topological polar surface area (TPSA) is 60.0 Å². The molecule has 1 aromatic carbocycles. The molecule has 2 unspecified atom stereocenters. The van der Waals surface area contributed by atoms with E-state index in [4.69, 9.17) is 14.2 Å². The Bertz CT molecular complexity index is 590. The zero-order valence-corrected chi connectivity index (χ0v) is 15.2. The quantitative estimate of drug-likeness (QED) is 0.811. The molecular weight excluding hydrogens is 332 g/mol. The van der Waals surface area contributed by atoms with Crippen molar-refractivity contribution in [3.63, 3.8) is 0 Å². The molecule has 142 valence electrons. The molecule has 0 radical (unpaired) electrons. The Morgan fingerprint density at radius 2 is 2.00 bits per heavy atom. The standard InChI is InChI=1S/C20H28N2O4/c23-20(22(17-5-6-17)12-15-9-11-24-13-15)21-16-3-7-18(8-4-16)26-14-19-2-1-10-25-19/h3-4,7-8,15,17,19H,1-2,5-6,9-14H2,(H,21,23). The first-order valence-corrected chi connectivity index (χ1v) is 9.78. The Hall–Kier alpha value is -1.79. The molecule has 2 amide bonds. The fraction of sp³-hybridized carbons (Fsp3) is 0.650. The van der Waals surface area contributed by atoms with Crippen LogP contribution in [-0.2, 0) is 9.47 Å². The van der Waals surface area contributed by atoms with Crippen LogP contribution < -0.4 is 10.1 Å². The summed E-state index contributed by atoms with van der Waals surface area (Å²) in [6.45, 7) is 3.80. The van der Waals surface area contributed by atoms with Crippen molar-refractivity contribution in [2.75, 3.05) is 38.3 Å². The molecule has 1 aromatic rings. The lowest BCUT2D eigenvalue weighted by molar-refractivity contribution is 0.0679. The van der Waals surface area contributed by atoms with Crippen LogP contribution in [0.4, 0.5) is 10.5 Å². The molecule has 2 saturated heterocycles. The zero-order valence-electron chi connectivity index (χ0n) is 15.2. The fourth-order valence-corrected chi connectivity index (χ4v) is 3.58. The number of urea groups is 1. The second kappa shape index (κ2) is 8.27. The predicted molar refractivity (Wildman–Crippen MR) is 98.6 cm³/mol. The molecule has 0 aromatic heterocycles. The van der Waals surface area contributed by atoms with Gasteiger partial charge in [-0.1, -0.05) is 0 Å². The summed E-state index contributed by atoms with van der Waals surface area (Å²) in [5.41, 5.74) is 0.799. The van der Waals surface area contributed by atoms with E-state index >= 15 is 0 Å². The second-order valence-electron chi connectivity index (χ2n) is 7.51. The lowest BCUT2D eigenvalue weighted by Gasteiger charge is -2.25. The molecular formula is C20H28N2O4. The monoisotopic (exact) mass is 360 g/mol. The molecule has 26 heavy (non-hydrogen) atoms. The number of nitrogens with zero attached hydrogens (tertiary/aromatic N) is 1. The van der Waals surface area contributed by atoms with Crippen molar-refractivity contribution in [3.8, 4) is 5.75 Å². The van der Waals surface area contributed by atoms with Crippen molar-refractivity contribution in [1.29, 1.82) is 0 Å². The highest BCUT2D eigenvalue weighted by atomic mass is 16.5. The molecule has 0 bridgehead atoms. The van der Waals surface area contributed by atoms with Gasteiger partial charge in [0.1, 0.15) is 12.4 Å². The first kappa shape index (κ1) is 17.6. The molecule has 0 spiro atoms. The van der Waals surface area contributed by atoms with E-state index in [2.05, 4.69) is 5.32 Å². The molecule has 1 N–H and O–H groups in total. The normalized spacial score (nSPS) is 25.2. The highest BCUT2D eigenvalue weighted by molar-refractivity contribution is 5.89. The first-order chi connectivity index (χ1) is 12.8. The van der Waals surface area contributed by atoms with Crippen molar-refractivity contribution in [1.82, 2.24) is 4.90 Å². The SMILES string of the molecule is O=C(Nc1ccc(OCC2CCCO2)cc1)N(CC1CCOC1)C1CC1. The van der Waals surface area contributed by atoms with Gasteiger partial charge in [0.25, 0.3) is 0 Å². The summed E-state index contributed by atoms with van der Waals surface area (Å²) >= 11 is 0. The van der Waals surface area contributed by atoms with Crippen molar-refractivity contribution in [2.45, 2.75) is 44.2 Å². The van der Waals surface area contributed by atoms with E-state index in [9.17, 15) is 4.79 Å². The van der Waals surface area contributed by atoms with Gasteiger partial charge in [0.15, 0.2) is 0 Å². The van der Waals surface area contributed by atoms with Crippen LogP contribution in [0.1, 0.15) is 32.1 Å². The molecule has 4 rings (SSSR count). The van der Waals surface area contributed by atoms with Crippen LogP contribution in [0.2, 0.25) is 0 Å². The predicted octanol–water partition coefficient (Wildman–Crippen LogP) is 3.28. The molecule has 2 heterocycles. The Kier molecular flexibility index (Phi) is 5.60. The summed E-state index contributed by atoms with van der Waals surface area (Å²) in [7, 11) is 0. The van der Waals surface area contributed by atoms with Crippen LogP contribution in [0.15, 0.2) is 24.3 Å². The number of hydrogen-bond acceptors (Lipinski definition) is 4. The summed E-state index contributed by atoms with van der Waals surface area (Å²) < 4.78 is 16.8. The number of hydrogen-bond donors (Lipinski definition) is 1. The van der Waals surface area contributed by atoms with Gasteiger partial charge in [-0.05, 0) is 56.4 Å². The number of nitrogens with one attached hydrogen (secondary N) is 1. The number of benzene rings is 1. The van der Waals surface area contributed by atoms with Crippen molar-refractivity contribution in [3.05, 3.63) is 24.3 Å². The van der Waals surface area contributed by atoms with E-state index in [0.29, 0.717) is 18.6 Å². The van der Waals surface area contributed by atoms with Gasteiger partial charge in [-0.2, -0.15) is 0 Å². The molecule has 1 aliphatic carbocycles. The van der Waals surface area contributed by atoms with Crippen LogP contribution in [0.3, 0.4) is 0 Å². The number of amides is 2. The van der Waals surface area contributed by atoms with Gasteiger partial charge in [-0.3, -0.25) is 0 Å². The molecule has 2 atom stereocenters. The highest BCUT2D eigenvalue weighted by Gasteiger charge is 2.34. The largest absolute Gasteiger partial charge is 0.491 e. The number of carbonyl (C=O) groups is 1. The third kappa shape index (κ3) is 4.68. The van der Waals surface area contributed by atoms with E-state index in [1.165, 1.54) is 0 Å². The van der Waals surface area contributed by atoms with Crippen LogP contribution >= 0.6 is 0 Å². The maximum Gasteiger partial charge on any atom is 0.322 e. The summed E-state index contributed by atoms with van der Waals surface area (Å²) in [6.07, 6.45) is 5.66. The third-order valence-corrected chi connectivity index (χ3v) is 5.29. The minimum absolute atomic E-state index is 0.00701. The smallest absolute Gasteiger partial charge is 0.322 e. The summed E-state index contributed by atoms with van der Waals surface area (Å²) in [6, 6.07) is 7.98. The molecule has 1 saturated carbocycles. The average molecular weight is 360 g/mol. The van der Waals surface area contributed by atoms with Crippen molar-refractivity contribution in [2.24, 2.45) is 5.92 Å². The maximum atomic E-state index is 12.7. The molecule has 2 aliphatic heterocycles. The van der Waals surface area contributed by atoms with Gasteiger partial charge < -0.3 is 24.4 Å². The molecule has 6 heteroatoms. The Balaban J connectivity index is 1.28. The van der Waals surface area contributed by atoms with E-state index in [0.717, 1.165) is 69.9 Å². The van der Waals surface area contributed by atoms with E-state index in [-0.39, 0.29) is 12.1 Å². The summed E-state index contributed by atoms with van der Waals surface area (Å²) in [4.78, 5) is 14.7. The van der Waals surface area contributed by atoms with Crippen LogP contribution in [0, 0.1) is 5.92 Å². The zero-order chi connectivity index (χ0) is 17.8. The summed E-state index contributed by atoms with van der Waals surface area (Å²) in [5, 5.41) is 3.03. The van der Waals surface area contributed by atoms with E-state index in [1.54, 1.807) is 0 Å². The van der Waals surface area contributed by atoms with Gasteiger partial charge in [0.05, 0.1) is 12.7 Å². The van der Waals surface area contributed by atoms with Crippen LogP contribution in [0.25, 0.3) is 0 Å². The lowest BCUT2D eigenvalue weighted by atomic mass is 10.1. The summed E-state index contributed by atoms with van der Waals surface area (Å²) in [5.74, 6) is 1.27. The number of rotatable bonds is 7. The van der Waals surface area contributed by atoms with Gasteiger partial charge in [0, 0.05) is 37.4 Å². The van der Waals surface area contributed by atoms with Gasteiger partial charge in [-0.25, -0.2) is 4.79 Å². The van der Waals surface area contributed by atoms with Gasteiger partial charge in [0.2, 0.25) is 0 Å². The maximum absolute atomic E-state index is 12.7. The highest BCUT2D eigenvalue weighted by Crippen LogP contribution is 2.30. The second-order valence-corrected chi connectivity index (χ2v) is 7.51. The Labute approximate surface area is 154 Å². The van der Waals surface area contributed by atoms with Crippen molar-refractivity contribution < 1.29 is 19.0 Å². The average Bonchev–Trinajstić information content (AvgIpc) is 3.13. The molecule has 3 fully saturated rings. The van der Waals surface area contributed by atoms with E-state index in [1.807, 2.05) is 29.2 Å². The van der Waals surface area contributed by atoms with Crippen LogP contribution in [0.5, 0.6) is 5.75 Å². The van der Waals surface area contributed by atoms with Gasteiger partial charge in [-0.15, -0.1) is 0 Å². The lowest BCUT2D eigenvalue weighted by Crippen LogP contribution is -2.40. The third-order valence-electron chi connectivity index (χ3n) is 5.29.